The molecule has 1 N–H and O–H groups in total. The van der Waals surface area contributed by atoms with Gasteiger partial charge < -0.3 is 9.67 Å². The van der Waals surface area contributed by atoms with Gasteiger partial charge in [0.25, 0.3) is 0 Å². The molecule has 2 heterocycles. The number of carbonyl (C=O) groups is 1. The molecular weight excluding hydrogens is 286 g/mol. The highest BCUT2D eigenvalue weighted by atomic mass is 32.2. The zero-order chi connectivity index (χ0) is 14.8. The predicted octanol–water partition coefficient (Wildman–Crippen LogP) is 3.42. The zero-order valence-electron chi connectivity index (χ0n) is 12.1. The van der Waals surface area contributed by atoms with Crippen LogP contribution in [0, 0.1) is 6.92 Å². The number of carboxylic acid groups (broad SMARTS) is 1. The van der Waals surface area contributed by atoms with Crippen molar-refractivity contribution in [3.8, 4) is 0 Å². The third-order valence-electron chi connectivity index (χ3n) is 3.90. The number of aromatic nitrogens is 3. The predicted molar refractivity (Wildman–Crippen MR) is 82.7 cm³/mol. The number of thioether (sulfide) groups is 1. The van der Waals surface area contributed by atoms with Crippen LogP contribution in [0.3, 0.4) is 0 Å². The van der Waals surface area contributed by atoms with Gasteiger partial charge in [0.1, 0.15) is 5.52 Å². The molecule has 21 heavy (non-hydrogen) atoms. The number of carboxylic acids is 1. The smallest absolute Gasteiger partial charge is 0.313 e. The van der Waals surface area contributed by atoms with Gasteiger partial charge in [0.2, 0.25) is 0 Å². The average Bonchev–Trinajstić information content (AvgIpc) is 2.83. The Morgan fingerprint density at radius 3 is 2.90 bits per heavy atom. The maximum atomic E-state index is 10.9. The van der Waals surface area contributed by atoms with E-state index in [9.17, 15) is 4.79 Å². The molecule has 0 amide bonds. The minimum Gasteiger partial charge on any atom is -0.481 e. The van der Waals surface area contributed by atoms with Gasteiger partial charge in [-0.3, -0.25) is 4.79 Å². The van der Waals surface area contributed by atoms with E-state index in [1.807, 2.05) is 19.2 Å². The molecule has 0 spiro atoms. The molecule has 0 aromatic carbocycles. The summed E-state index contributed by atoms with van der Waals surface area (Å²) < 4.78 is 2.17. The zero-order valence-corrected chi connectivity index (χ0v) is 12.9. The minimum absolute atomic E-state index is 0.0367. The van der Waals surface area contributed by atoms with Crippen LogP contribution in [-0.2, 0) is 4.79 Å². The fourth-order valence-electron chi connectivity index (χ4n) is 2.96. The van der Waals surface area contributed by atoms with E-state index in [0.29, 0.717) is 6.04 Å². The molecule has 2 aromatic rings. The van der Waals surface area contributed by atoms with Crippen molar-refractivity contribution in [3.63, 3.8) is 0 Å². The van der Waals surface area contributed by atoms with Crippen molar-refractivity contribution < 1.29 is 9.90 Å². The number of pyridine rings is 1. The van der Waals surface area contributed by atoms with Crippen LogP contribution in [0.5, 0.6) is 0 Å². The second-order valence-corrected chi connectivity index (χ2v) is 6.54. The van der Waals surface area contributed by atoms with Gasteiger partial charge in [-0.1, -0.05) is 31.0 Å². The molecule has 1 saturated carbocycles. The Labute approximate surface area is 127 Å². The highest BCUT2D eigenvalue weighted by Crippen LogP contribution is 2.34. The second kappa shape index (κ2) is 6.05. The van der Waals surface area contributed by atoms with E-state index in [4.69, 9.17) is 5.11 Å². The van der Waals surface area contributed by atoms with E-state index in [-0.39, 0.29) is 5.75 Å². The normalized spacial score (nSPS) is 16.4. The van der Waals surface area contributed by atoms with Crippen molar-refractivity contribution >= 4 is 28.9 Å². The fraction of sp³-hybridized carbons (Fsp3) is 0.533. The fourth-order valence-corrected chi connectivity index (χ4v) is 3.75. The van der Waals surface area contributed by atoms with Gasteiger partial charge in [-0.25, -0.2) is 9.97 Å². The maximum Gasteiger partial charge on any atom is 0.313 e. The van der Waals surface area contributed by atoms with Crippen LogP contribution < -0.4 is 0 Å². The van der Waals surface area contributed by atoms with E-state index in [2.05, 4.69) is 14.5 Å². The van der Waals surface area contributed by atoms with E-state index >= 15 is 0 Å². The Balaban J connectivity index is 2.03. The first-order valence-corrected chi connectivity index (χ1v) is 8.33. The van der Waals surface area contributed by atoms with E-state index in [0.717, 1.165) is 34.7 Å². The summed E-state index contributed by atoms with van der Waals surface area (Å²) >= 11 is 1.29. The summed E-state index contributed by atoms with van der Waals surface area (Å²) in [5, 5.41) is 9.71. The van der Waals surface area contributed by atoms with Gasteiger partial charge in [0.05, 0.1) is 5.75 Å². The van der Waals surface area contributed by atoms with Crippen LogP contribution in [0.1, 0.15) is 43.7 Å². The Hall–Kier alpha value is -1.56. The topological polar surface area (TPSA) is 68.0 Å². The van der Waals surface area contributed by atoms with Gasteiger partial charge >= 0.3 is 5.97 Å². The third-order valence-corrected chi connectivity index (χ3v) is 4.84. The molecule has 6 heteroatoms. The van der Waals surface area contributed by atoms with Crippen LogP contribution in [0.15, 0.2) is 17.4 Å². The first kappa shape index (κ1) is 14.4. The molecular formula is C15H19N3O2S. The van der Waals surface area contributed by atoms with Crippen LogP contribution in [-0.4, -0.2) is 31.4 Å². The number of rotatable bonds is 4. The summed E-state index contributed by atoms with van der Waals surface area (Å²) in [5.41, 5.74) is 2.83. The van der Waals surface area contributed by atoms with Gasteiger partial charge in [-0.2, -0.15) is 0 Å². The number of aliphatic carboxylic acids is 1. The standard InChI is InChI=1S/C15H19N3O2S/c1-10-7-12-14(16-8-10)18(11-5-3-2-4-6-11)15(17-12)21-9-13(19)20/h7-8,11H,2-6,9H2,1H3,(H,19,20). The van der Waals surface area contributed by atoms with Gasteiger partial charge in [-0.05, 0) is 31.4 Å². The molecule has 0 saturated heterocycles. The number of hydrogen-bond acceptors (Lipinski definition) is 4. The molecule has 0 radical (unpaired) electrons. The lowest BCUT2D eigenvalue weighted by molar-refractivity contribution is -0.133. The Bertz CT molecular complexity index is 662. The third kappa shape index (κ3) is 3.05. The van der Waals surface area contributed by atoms with Crippen LogP contribution in [0.2, 0.25) is 0 Å². The first-order valence-electron chi connectivity index (χ1n) is 7.34. The van der Waals surface area contributed by atoms with Crippen molar-refractivity contribution in [2.24, 2.45) is 0 Å². The molecule has 0 atom stereocenters. The van der Waals surface area contributed by atoms with Crippen LogP contribution in [0.25, 0.3) is 11.2 Å². The van der Waals surface area contributed by atoms with Gasteiger partial charge in [-0.15, -0.1) is 0 Å². The molecule has 1 aliphatic carbocycles. The maximum absolute atomic E-state index is 10.9. The highest BCUT2D eigenvalue weighted by Gasteiger charge is 2.22. The molecule has 0 unspecified atom stereocenters. The molecule has 1 fully saturated rings. The lowest BCUT2D eigenvalue weighted by Gasteiger charge is -2.24. The Morgan fingerprint density at radius 2 is 2.19 bits per heavy atom. The number of imidazole rings is 1. The molecule has 112 valence electrons. The molecule has 3 rings (SSSR count). The average molecular weight is 305 g/mol. The number of fused-ring (bicyclic) bond motifs is 1. The SMILES string of the molecule is Cc1cnc2c(c1)nc(SCC(=O)O)n2C1CCCCC1. The quantitative estimate of drug-likeness (QED) is 0.877. The highest BCUT2D eigenvalue weighted by molar-refractivity contribution is 7.99. The Morgan fingerprint density at radius 1 is 1.43 bits per heavy atom. The molecule has 1 aliphatic rings. The van der Waals surface area contributed by atoms with Crippen LogP contribution in [0.4, 0.5) is 0 Å². The number of aryl methyl sites for hydroxylation is 1. The second-order valence-electron chi connectivity index (χ2n) is 5.59. The summed E-state index contributed by atoms with van der Waals surface area (Å²) in [4.78, 5) is 20.0. The number of nitrogens with zero attached hydrogens (tertiary/aromatic N) is 3. The van der Waals surface area contributed by atoms with Crippen LogP contribution >= 0.6 is 11.8 Å². The molecule has 5 nitrogen and oxygen atoms in total. The lowest BCUT2D eigenvalue weighted by atomic mass is 9.95. The van der Waals surface area contributed by atoms with Crippen molar-refractivity contribution in [2.45, 2.75) is 50.2 Å². The van der Waals surface area contributed by atoms with Crippen molar-refractivity contribution in [3.05, 3.63) is 17.8 Å². The van der Waals surface area contributed by atoms with E-state index in [1.54, 1.807) is 0 Å². The van der Waals surface area contributed by atoms with Gasteiger partial charge in [0.15, 0.2) is 10.8 Å². The summed E-state index contributed by atoms with van der Waals surface area (Å²) in [5.74, 6) is -0.777. The largest absolute Gasteiger partial charge is 0.481 e. The van der Waals surface area contributed by atoms with Crippen molar-refractivity contribution in [2.75, 3.05) is 5.75 Å². The monoisotopic (exact) mass is 305 g/mol. The van der Waals surface area contributed by atoms with E-state index < -0.39 is 5.97 Å². The van der Waals surface area contributed by atoms with Gasteiger partial charge in [0, 0.05) is 12.2 Å². The number of hydrogen-bond donors (Lipinski definition) is 1. The van der Waals surface area contributed by atoms with Crippen molar-refractivity contribution in [1.82, 2.24) is 14.5 Å². The molecule has 2 aromatic heterocycles. The van der Waals surface area contributed by atoms with Crippen molar-refractivity contribution in [1.29, 1.82) is 0 Å². The lowest BCUT2D eigenvalue weighted by Crippen LogP contribution is -2.14. The summed E-state index contributed by atoms with van der Waals surface area (Å²) in [6.07, 6.45) is 7.84. The Kier molecular flexibility index (Phi) is 4.14. The van der Waals surface area contributed by atoms with E-state index in [1.165, 1.54) is 31.0 Å². The minimum atomic E-state index is -0.814. The molecule has 0 bridgehead atoms. The summed E-state index contributed by atoms with van der Waals surface area (Å²) in [6, 6.07) is 2.42. The first-order chi connectivity index (χ1) is 10.1. The molecule has 0 aliphatic heterocycles. The summed E-state index contributed by atoms with van der Waals surface area (Å²) in [6.45, 7) is 2.00. The summed E-state index contributed by atoms with van der Waals surface area (Å²) in [7, 11) is 0.